The van der Waals surface area contributed by atoms with Gasteiger partial charge in [0.05, 0.1) is 12.8 Å². The van der Waals surface area contributed by atoms with Crippen molar-refractivity contribution in [1.29, 1.82) is 0 Å². The van der Waals surface area contributed by atoms with Crippen LogP contribution in [0.3, 0.4) is 0 Å². The number of rotatable bonds is 5. The van der Waals surface area contributed by atoms with Crippen molar-refractivity contribution >= 4 is 21.5 Å². The van der Waals surface area contributed by atoms with E-state index in [1.165, 1.54) is 10.5 Å². The Morgan fingerprint density at radius 3 is 2.07 bits per heavy atom. The zero-order valence-electron chi connectivity index (χ0n) is 16.4. The van der Waals surface area contributed by atoms with Crippen LogP contribution in [-0.4, -0.2) is 26.6 Å². The molecular formula is C24H21NO4S. The molecule has 3 aromatic carbocycles. The van der Waals surface area contributed by atoms with Crippen LogP contribution in [0.1, 0.15) is 21.8 Å². The Bertz CT molecular complexity index is 1160. The minimum absolute atomic E-state index is 0.372. The number of allylic oxidation sites excluding steroid dienone is 1. The Balaban J connectivity index is 1.83. The lowest BCUT2D eigenvalue weighted by Gasteiger charge is -2.34. The number of carbonyl (C=O) groups excluding carboxylic acids is 1. The number of sulfonamides is 1. The second-order valence-corrected chi connectivity index (χ2v) is 8.90. The van der Waals surface area contributed by atoms with Gasteiger partial charge in [0, 0.05) is 17.7 Å². The van der Waals surface area contributed by atoms with E-state index in [0.717, 1.165) is 5.56 Å². The zero-order chi connectivity index (χ0) is 21.1. The summed E-state index contributed by atoms with van der Waals surface area (Å²) in [5.41, 5.74) is 1.60. The molecule has 5 nitrogen and oxygen atoms in total. The van der Waals surface area contributed by atoms with E-state index < -0.39 is 27.0 Å². The van der Waals surface area contributed by atoms with Crippen molar-refractivity contribution in [3.63, 3.8) is 0 Å². The fraction of sp³-hybridized carbons (Fsp3) is 0.125. The zero-order valence-corrected chi connectivity index (χ0v) is 17.2. The van der Waals surface area contributed by atoms with E-state index in [1.54, 1.807) is 67.8 Å². The smallest absolute Gasteiger partial charge is 0.250 e. The second kappa shape index (κ2) is 8.16. The van der Waals surface area contributed by atoms with Crippen LogP contribution in [0.25, 0.3) is 0 Å². The molecule has 0 fully saturated rings. The number of ketones is 1. The molecule has 1 aliphatic rings. The highest BCUT2D eigenvalue weighted by molar-refractivity contribution is 7.94. The van der Waals surface area contributed by atoms with Crippen molar-refractivity contribution in [3.05, 3.63) is 108 Å². The minimum Gasteiger partial charge on any atom is -0.497 e. The molecule has 0 spiro atoms. The summed E-state index contributed by atoms with van der Waals surface area (Å²) in [7, 11) is -2.48. The van der Waals surface area contributed by atoms with E-state index in [4.69, 9.17) is 4.74 Å². The van der Waals surface area contributed by atoms with Crippen molar-refractivity contribution in [3.8, 4) is 5.75 Å². The lowest BCUT2D eigenvalue weighted by atomic mass is 9.90. The predicted molar refractivity (Wildman–Crippen MR) is 117 cm³/mol. The van der Waals surface area contributed by atoms with E-state index >= 15 is 0 Å². The highest BCUT2D eigenvalue weighted by Gasteiger charge is 2.45. The maximum absolute atomic E-state index is 13.7. The third-order valence-corrected chi connectivity index (χ3v) is 7.21. The van der Waals surface area contributed by atoms with Crippen molar-refractivity contribution in [2.75, 3.05) is 11.4 Å². The van der Waals surface area contributed by atoms with Crippen LogP contribution >= 0.6 is 0 Å². The molecule has 0 unspecified atom stereocenters. The molecule has 1 aliphatic heterocycles. The summed E-state index contributed by atoms with van der Waals surface area (Å²) in [5, 5.41) is -1.27. The summed E-state index contributed by atoms with van der Waals surface area (Å²) < 4.78 is 33.7. The molecule has 2 atom stereocenters. The summed E-state index contributed by atoms with van der Waals surface area (Å²) in [6.07, 6.45) is 3.32. The molecule has 0 N–H and O–H groups in total. The molecule has 152 valence electrons. The predicted octanol–water partition coefficient (Wildman–Crippen LogP) is 4.39. The molecule has 0 radical (unpaired) electrons. The second-order valence-electron chi connectivity index (χ2n) is 6.97. The van der Waals surface area contributed by atoms with E-state index in [2.05, 4.69) is 0 Å². The summed E-state index contributed by atoms with van der Waals surface area (Å²) in [6.45, 7) is 0. The number of nitrogens with zero attached hydrogens (tertiary/aromatic N) is 1. The average molecular weight is 420 g/mol. The Labute approximate surface area is 176 Å². The standard InChI is InChI=1S/C24H21NO4S/c1-29-21-14-12-20(13-15-21)25-17-16-22(18-8-4-2-5-9-18)24(30(25,27)28)23(26)19-10-6-3-7-11-19/h2-17,22,24H,1H3/t22-,24-/m0/s1. The van der Waals surface area contributed by atoms with E-state index in [1.807, 2.05) is 30.3 Å². The highest BCUT2D eigenvalue weighted by atomic mass is 32.2. The molecule has 30 heavy (non-hydrogen) atoms. The van der Waals surface area contributed by atoms with Crippen molar-refractivity contribution in [1.82, 2.24) is 0 Å². The molecule has 1 heterocycles. The van der Waals surface area contributed by atoms with Gasteiger partial charge in [0.2, 0.25) is 10.0 Å². The van der Waals surface area contributed by atoms with Gasteiger partial charge in [-0.1, -0.05) is 66.7 Å². The number of ether oxygens (including phenoxy) is 1. The summed E-state index contributed by atoms with van der Waals surface area (Å²) in [5.74, 6) is -0.387. The SMILES string of the molecule is COc1ccc(N2C=C[C@@H](c3ccccc3)[C@@H](C(=O)c3ccccc3)S2(=O)=O)cc1. The normalized spacial score (nSPS) is 20.0. The topological polar surface area (TPSA) is 63.7 Å². The first kappa shape index (κ1) is 19.9. The van der Waals surface area contributed by atoms with Crippen LogP contribution in [0.15, 0.2) is 97.2 Å². The van der Waals surface area contributed by atoms with Gasteiger partial charge < -0.3 is 4.74 Å². The third-order valence-electron chi connectivity index (χ3n) is 5.18. The fourth-order valence-electron chi connectivity index (χ4n) is 3.65. The molecule has 0 saturated heterocycles. The lowest BCUT2D eigenvalue weighted by molar-refractivity contribution is 0.0981. The maximum Gasteiger partial charge on any atom is 0.250 e. The Kier molecular flexibility index (Phi) is 5.42. The Hall–Kier alpha value is -3.38. The molecule has 0 saturated carbocycles. The summed E-state index contributed by atoms with van der Waals surface area (Å²) >= 11 is 0. The van der Waals surface area contributed by atoms with Gasteiger partial charge in [0.15, 0.2) is 11.0 Å². The average Bonchev–Trinajstić information content (AvgIpc) is 2.79. The third kappa shape index (κ3) is 3.62. The van der Waals surface area contributed by atoms with Crippen molar-refractivity contribution in [2.45, 2.75) is 11.2 Å². The van der Waals surface area contributed by atoms with Crippen molar-refractivity contribution in [2.24, 2.45) is 0 Å². The van der Waals surface area contributed by atoms with Gasteiger partial charge in [0.25, 0.3) is 0 Å². The van der Waals surface area contributed by atoms with Gasteiger partial charge in [-0.2, -0.15) is 0 Å². The molecule has 0 amide bonds. The number of benzene rings is 3. The van der Waals surface area contributed by atoms with Crippen LogP contribution in [0, 0.1) is 0 Å². The first-order valence-electron chi connectivity index (χ1n) is 9.52. The van der Waals surface area contributed by atoms with Gasteiger partial charge in [0.1, 0.15) is 5.75 Å². The Morgan fingerprint density at radius 2 is 1.47 bits per heavy atom. The first-order chi connectivity index (χ1) is 14.5. The van der Waals surface area contributed by atoms with Gasteiger partial charge in [-0.15, -0.1) is 0 Å². The van der Waals surface area contributed by atoms with Crippen LogP contribution < -0.4 is 9.04 Å². The summed E-state index contributed by atoms with van der Waals surface area (Å²) in [4.78, 5) is 13.4. The van der Waals surface area contributed by atoms with Gasteiger partial charge in [-0.3, -0.25) is 4.79 Å². The monoisotopic (exact) mass is 419 g/mol. The van der Waals surface area contributed by atoms with E-state index in [-0.39, 0.29) is 0 Å². The largest absolute Gasteiger partial charge is 0.497 e. The molecule has 3 aromatic rings. The van der Waals surface area contributed by atoms with Crippen LogP contribution in [0.4, 0.5) is 5.69 Å². The number of methoxy groups -OCH3 is 1. The van der Waals surface area contributed by atoms with E-state index in [9.17, 15) is 13.2 Å². The summed E-state index contributed by atoms with van der Waals surface area (Å²) in [6, 6.07) is 24.5. The number of hydrogen-bond donors (Lipinski definition) is 0. The number of anilines is 1. The van der Waals surface area contributed by atoms with Crippen LogP contribution in [0.2, 0.25) is 0 Å². The Morgan fingerprint density at radius 1 is 0.867 bits per heavy atom. The molecule has 0 aliphatic carbocycles. The van der Waals surface area contributed by atoms with Gasteiger partial charge in [-0.05, 0) is 29.8 Å². The maximum atomic E-state index is 13.7. The van der Waals surface area contributed by atoms with Crippen molar-refractivity contribution < 1.29 is 17.9 Å². The molecule has 6 heteroatoms. The molecule has 0 aromatic heterocycles. The van der Waals surface area contributed by atoms with Crippen LogP contribution in [0.5, 0.6) is 5.75 Å². The molecular weight excluding hydrogens is 398 g/mol. The van der Waals surface area contributed by atoms with E-state index in [0.29, 0.717) is 17.0 Å². The molecule has 4 rings (SSSR count). The lowest BCUT2D eigenvalue weighted by Crippen LogP contribution is -2.46. The number of carbonyl (C=O) groups is 1. The number of hydrogen-bond acceptors (Lipinski definition) is 4. The van der Waals surface area contributed by atoms with Gasteiger partial charge >= 0.3 is 0 Å². The van der Waals surface area contributed by atoms with Gasteiger partial charge in [-0.25, -0.2) is 12.7 Å². The fourth-order valence-corrected chi connectivity index (χ4v) is 5.58. The quantitative estimate of drug-likeness (QED) is 0.575. The number of Topliss-reactive ketones (excluding diaryl/α,β-unsaturated/α-hetero) is 1. The first-order valence-corrected chi connectivity index (χ1v) is 11.0. The highest BCUT2D eigenvalue weighted by Crippen LogP contribution is 2.37. The van der Waals surface area contributed by atoms with Crippen LogP contribution in [-0.2, 0) is 10.0 Å². The minimum atomic E-state index is -4.03. The molecule has 0 bridgehead atoms.